The maximum Gasteiger partial charge on any atom is 0.148 e. The highest BCUT2D eigenvalue weighted by atomic mass is 79.9. The minimum Gasteiger partial charge on any atom is -0.388 e. The molecule has 0 aliphatic heterocycles. The fraction of sp³-hybridized carbons (Fsp3) is 0.571. The Bertz CT molecular complexity index is 479. The third-order valence-electron chi connectivity index (χ3n) is 4.58. The van der Waals surface area contributed by atoms with Crippen molar-refractivity contribution in [3.63, 3.8) is 0 Å². The topological polar surface area (TPSA) is 20.2 Å². The van der Waals surface area contributed by atoms with Crippen LogP contribution in [0.5, 0.6) is 0 Å². The molecule has 1 aromatic rings. The van der Waals surface area contributed by atoms with Gasteiger partial charge in [0.05, 0.1) is 11.1 Å². The molecule has 0 spiro atoms. The van der Waals surface area contributed by atoms with Crippen LogP contribution in [0.1, 0.15) is 37.4 Å². The Labute approximate surface area is 119 Å². The van der Waals surface area contributed by atoms with Crippen LogP contribution in [0, 0.1) is 23.6 Å². The summed E-state index contributed by atoms with van der Waals surface area (Å²) >= 11 is 9.07. The fourth-order valence-corrected chi connectivity index (χ4v) is 4.16. The third kappa shape index (κ3) is 2.00. The molecule has 0 heterocycles. The van der Waals surface area contributed by atoms with Gasteiger partial charge in [-0.25, -0.2) is 4.39 Å². The average Bonchev–Trinajstić information content (AvgIpc) is 2.97. The van der Waals surface area contributed by atoms with Crippen LogP contribution in [-0.2, 0) is 0 Å². The molecule has 3 rings (SSSR count). The first-order valence-corrected chi connectivity index (χ1v) is 7.56. The van der Waals surface area contributed by atoms with Crippen LogP contribution in [0.25, 0.3) is 0 Å². The minimum absolute atomic E-state index is 0.0645. The van der Waals surface area contributed by atoms with Crippen molar-refractivity contribution >= 4 is 27.5 Å². The van der Waals surface area contributed by atoms with Gasteiger partial charge in [-0.3, -0.25) is 0 Å². The van der Waals surface area contributed by atoms with Crippen molar-refractivity contribution in [3.05, 3.63) is 33.0 Å². The zero-order valence-electron chi connectivity index (χ0n) is 9.87. The second kappa shape index (κ2) is 4.77. The molecule has 1 N–H and O–H groups in total. The van der Waals surface area contributed by atoms with E-state index in [1.54, 1.807) is 12.1 Å². The molecule has 2 bridgehead atoms. The highest BCUT2D eigenvalue weighted by Gasteiger charge is 2.43. The van der Waals surface area contributed by atoms with E-state index < -0.39 is 11.9 Å². The Morgan fingerprint density at radius 2 is 2.11 bits per heavy atom. The van der Waals surface area contributed by atoms with Crippen molar-refractivity contribution < 1.29 is 9.50 Å². The number of fused-ring (bicyclic) bond motifs is 2. The van der Waals surface area contributed by atoms with Crippen molar-refractivity contribution in [1.29, 1.82) is 0 Å². The van der Waals surface area contributed by atoms with Gasteiger partial charge in [0.1, 0.15) is 5.82 Å². The summed E-state index contributed by atoms with van der Waals surface area (Å²) in [6.45, 7) is 0. The molecule has 4 unspecified atom stereocenters. The molecule has 98 valence electrons. The molecule has 0 amide bonds. The van der Waals surface area contributed by atoms with Crippen molar-refractivity contribution in [2.75, 3.05) is 0 Å². The number of hydrogen-bond donors (Lipinski definition) is 1. The normalized spacial score (nSPS) is 31.9. The SMILES string of the molecule is OC(c1ccc(Br)c(Cl)c1F)C1CC2CCC1C2. The Hall–Kier alpha value is -0.120. The first-order valence-electron chi connectivity index (χ1n) is 6.39. The molecule has 4 heteroatoms. The van der Waals surface area contributed by atoms with Crippen LogP contribution in [0.3, 0.4) is 0 Å². The highest BCUT2D eigenvalue weighted by molar-refractivity contribution is 9.10. The lowest BCUT2D eigenvalue weighted by Crippen LogP contribution is -2.20. The quantitative estimate of drug-likeness (QED) is 0.777. The number of rotatable bonds is 2. The fourth-order valence-electron chi connectivity index (χ4n) is 3.68. The smallest absolute Gasteiger partial charge is 0.148 e. The number of aliphatic hydroxyl groups excluding tert-OH is 1. The number of aliphatic hydroxyl groups is 1. The van der Waals surface area contributed by atoms with Crippen molar-refractivity contribution in [3.8, 4) is 0 Å². The summed E-state index contributed by atoms with van der Waals surface area (Å²) in [4.78, 5) is 0. The maximum atomic E-state index is 14.1. The Morgan fingerprint density at radius 1 is 1.33 bits per heavy atom. The van der Waals surface area contributed by atoms with E-state index in [2.05, 4.69) is 15.9 Å². The van der Waals surface area contributed by atoms with Gasteiger partial charge in [-0.15, -0.1) is 0 Å². The van der Waals surface area contributed by atoms with E-state index in [0.717, 1.165) is 12.3 Å². The van der Waals surface area contributed by atoms with Crippen LogP contribution in [-0.4, -0.2) is 5.11 Å². The summed E-state index contributed by atoms with van der Waals surface area (Å²) in [5.74, 6) is 1.02. The Balaban J connectivity index is 1.89. The molecule has 1 nitrogen and oxygen atoms in total. The highest BCUT2D eigenvalue weighted by Crippen LogP contribution is 2.53. The average molecular weight is 334 g/mol. The third-order valence-corrected chi connectivity index (χ3v) is 5.84. The summed E-state index contributed by atoms with van der Waals surface area (Å²) < 4.78 is 14.6. The van der Waals surface area contributed by atoms with Gasteiger partial charge in [0.25, 0.3) is 0 Å². The predicted octanol–water partition coefficient (Wildman–Crippen LogP) is 4.71. The first kappa shape index (κ1) is 12.9. The van der Waals surface area contributed by atoms with Crippen LogP contribution < -0.4 is 0 Å². The molecule has 0 aromatic heterocycles. The summed E-state index contributed by atoms with van der Waals surface area (Å²) in [5.41, 5.74) is 0.348. The molecule has 1 aromatic carbocycles. The van der Waals surface area contributed by atoms with E-state index in [1.807, 2.05) is 0 Å². The van der Waals surface area contributed by atoms with Crippen molar-refractivity contribution in [2.24, 2.45) is 17.8 Å². The van der Waals surface area contributed by atoms with Crippen LogP contribution in [0.15, 0.2) is 16.6 Å². The maximum absolute atomic E-state index is 14.1. The zero-order chi connectivity index (χ0) is 12.9. The predicted molar refractivity (Wildman–Crippen MR) is 73.0 cm³/mol. The van der Waals surface area contributed by atoms with Crippen LogP contribution in [0.2, 0.25) is 5.02 Å². The Kier molecular flexibility index (Phi) is 3.41. The van der Waals surface area contributed by atoms with Gasteiger partial charge >= 0.3 is 0 Å². The van der Waals surface area contributed by atoms with Gasteiger partial charge in [-0.1, -0.05) is 24.1 Å². The van der Waals surface area contributed by atoms with E-state index in [4.69, 9.17) is 11.6 Å². The van der Waals surface area contributed by atoms with Gasteiger partial charge in [0.2, 0.25) is 0 Å². The van der Waals surface area contributed by atoms with Gasteiger partial charge in [0.15, 0.2) is 0 Å². The van der Waals surface area contributed by atoms with Gasteiger partial charge < -0.3 is 5.11 Å². The second-order valence-corrected chi connectivity index (χ2v) is 6.78. The molecule has 2 aliphatic carbocycles. The Morgan fingerprint density at radius 3 is 2.72 bits per heavy atom. The van der Waals surface area contributed by atoms with Crippen LogP contribution >= 0.6 is 27.5 Å². The molecule has 2 fully saturated rings. The van der Waals surface area contributed by atoms with E-state index in [9.17, 15) is 9.50 Å². The minimum atomic E-state index is -0.717. The number of benzene rings is 1. The van der Waals surface area contributed by atoms with E-state index in [-0.39, 0.29) is 10.9 Å². The standard InChI is InChI=1S/C14H15BrClFO/c15-11-4-3-9(13(17)12(11)16)14(18)10-6-7-1-2-8(10)5-7/h3-4,7-8,10,14,18H,1-2,5-6H2. The molecular formula is C14H15BrClFO. The number of hydrogen-bond acceptors (Lipinski definition) is 1. The summed E-state index contributed by atoms with van der Waals surface area (Å²) in [6, 6.07) is 3.35. The lowest BCUT2D eigenvalue weighted by Gasteiger charge is -2.27. The molecule has 18 heavy (non-hydrogen) atoms. The number of halogens is 3. The molecule has 2 saturated carbocycles. The molecule has 0 radical (unpaired) electrons. The van der Waals surface area contributed by atoms with Gasteiger partial charge in [-0.05, 0) is 59.0 Å². The summed E-state index contributed by atoms with van der Waals surface area (Å²) in [5, 5.41) is 10.5. The zero-order valence-corrected chi connectivity index (χ0v) is 12.2. The lowest BCUT2D eigenvalue weighted by atomic mass is 9.82. The molecule has 0 saturated heterocycles. The largest absolute Gasteiger partial charge is 0.388 e. The monoisotopic (exact) mass is 332 g/mol. The van der Waals surface area contributed by atoms with E-state index in [1.165, 1.54) is 19.3 Å². The molecule has 4 atom stereocenters. The lowest BCUT2D eigenvalue weighted by molar-refractivity contribution is 0.0714. The van der Waals surface area contributed by atoms with Gasteiger partial charge in [0, 0.05) is 10.0 Å². The second-order valence-electron chi connectivity index (χ2n) is 5.55. The summed E-state index contributed by atoms with van der Waals surface area (Å²) in [6.07, 6.45) is 3.97. The molecular weight excluding hydrogens is 319 g/mol. The summed E-state index contributed by atoms with van der Waals surface area (Å²) in [7, 11) is 0. The van der Waals surface area contributed by atoms with E-state index >= 15 is 0 Å². The van der Waals surface area contributed by atoms with Crippen molar-refractivity contribution in [1.82, 2.24) is 0 Å². The van der Waals surface area contributed by atoms with Gasteiger partial charge in [-0.2, -0.15) is 0 Å². The molecule has 2 aliphatic rings. The van der Waals surface area contributed by atoms with Crippen molar-refractivity contribution in [2.45, 2.75) is 31.8 Å². The van der Waals surface area contributed by atoms with E-state index in [0.29, 0.717) is 16.0 Å². The first-order chi connectivity index (χ1) is 8.58. The van der Waals surface area contributed by atoms with Crippen LogP contribution in [0.4, 0.5) is 4.39 Å².